The molecule has 0 fully saturated rings. The molecule has 0 saturated carbocycles. The SMILES string of the molecule is COCCn1ncc(C(=O)O)c1N. The lowest BCUT2D eigenvalue weighted by Crippen LogP contribution is -2.10. The highest BCUT2D eigenvalue weighted by Crippen LogP contribution is 2.09. The number of nitrogen functional groups attached to an aromatic ring is 1. The monoisotopic (exact) mass is 185 g/mol. The molecule has 6 heteroatoms. The van der Waals surface area contributed by atoms with Crippen LogP contribution in [-0.2, 0) is 11.3 Å². The van der Waals surface area contributed by atoms with Gasteiger partial charge >= 0.3 is 5.97 Å². The fourth-order valence-corrected chi connectivity index (χ4v) is 0.916. The second-order valence-corrected chi connectivity index (χ2v) is 2.46. The number of rotatable bonds is 4. The van der Waals surface area contributed by atoms with Crippen molar-refractivity contribution in [3.8, 4) is 0 Å². The molecule has 0 aliphatic carbocycles. The summed E-state index contributed by atoms with van der Waals surface area (Å²) in [5.41, 5.74) is 5.53. The van der Waals surface area contributed by atoms with Gasteiger partial charge in [0, 0.05) is 7.11 Å². The summed E-state index contributed by atoms with van der Waals surface area (Å²) < 4.78 is 6.20. The van der Waals surface area contributed by atoms with Crippen LogP contribution in [0.1, 0.15) is 10.4 Å². The topological polar surface area (TPSA) is 90.4 Å². The van der Waals surface area contributed by atoms with E-state index in [0.29, 0.717) is 13.2 Å². The van der Waals surface area contributed by atoms with Crippen LogP contribution in [0.15, 0.2) is 6.20 Å². The van der Waals surface area contributed by atoms with Gasteiger partial charge in [0.1, 0.15) is 11.4 Å². The van der Waals surface area contributed by atoms with Crippen LogP contribution in [0.5, 0.6) is 0 Å². The van der Waals surface area contributed by atoms with Crippen LogP contribution in [0.25, 0.3) is 0 Å². The van der Waals surface area contributed by atoms with Gasteiger partial charge in [0.25, 0.3) is 0 Å². The summed E-state index contributed by atoms with van der Waals surface area (Å²) in [5, 5.41) is 12.4. The Labute approximate surface area is 74.9 Å². The van der Waals surface area contributed by atoms with Crippen molar-refractivity contribution >= 4 is 11.8 Å². The number of carboxylic acids is 1. The molecule has 0 bridgehead atoms. The standard InChI is InChI=1S/C7H11N3O3/c1-13-3-2-10-6(8)5(4-9-10)7(11)12/h4H,2-3,8H2,1H3,(H,11,12). The van der Waals surface area contributed by atoms with Gasteiger partial charge in [-0.1, -0.05) is 0 Å². The molecule has 1 rings (SSSR count). The average Bonchev–Trinajstić information content (AvgIpc) is 2.43. The van der Waals surface area contributed by atoms with E-state index in [2.05, 4.69) is 5.10 Å². The maximum atomic E-state index is 10.5. The molecule has 13 heavy (non-hydrogen) atoms. The van der Waals surface area contributed by atoms with Gasteiger partial charge in [0.05, 0.1) is 19.3 Å². The number of ether oxygens (including phenoxy) is 1. The first-order valence-electron chi connectivity index (χ1n) is 3.70. The molecule has 0 atom stereocenters. The number of aromatic carboxylic acids is 1. The normalized spacial score (nSPS) is 10.2. The number of carboxylic acid groups (broad SMARTS) is 1. The average molecular weight is 185 g/mol. The van der Waals surface area contributed by atoms with Gasteiger partial charge in [-0.15, -0.1) is 0 Å². The van der Waals surface area contributed by atoms with E-state index in [1.54, 1.807) is 7.11 Å². The van der Waals surface area contributed by atoms with Crippen molar-refractivity contribution in [1.82, 2.24) is 9.78 Å². The smallest absolute Gasteiger partial charge is 0.341 e. The van der Waals surface area contributed by atoms with Gasteiger partial charge < -0.3 is 15.6 Å². The zero-order valence-corrected chi connectivity index (χ0v) is 7.23. The van der Waals surface area contributed by atoms with Crippen molar-refractivity contribution < 1.29 is 14.6 Å². The fourth-order valence-electron chi connectivity index (χ4n) is 0.916. The van der Waals surface area contributed by atoms with E-state index >= 15 is 0 Å². The molecule has 1 heterocycles. The van der Waals surface area contributed by atoms with E-state index in [9.17, 15) is 4.79 Å². The fraction of sp³-hybridized carbons (Fsp3) is 0.429. The van der Waals surface area contributed by atoms with Crippen LogP contribution in [-0.4, -0.2) is 34.6 Å². The second-order valence-electron chi connectivity index (χ2n) is 2.46. The minimum atomic E-state index is -1.07. The summed E-state index contributed by atoms with van der Waals surface area (Å²) in [6.07, 6.45) is 1.23. The Morgan fingerprint density at radius 3 is 3.00 bits per heavy atom. The molecule has 0 unspecified atom stereocenters. The van der Waals surface area contributed by atoms with E-state index in [1.807, 2.05) is 0 Å². The lowest BCUT2D eigenvalue weighted by atomic mass is 10.3. The Morgan fingerprint density at radius 2 is 2.54 bits per heavy atom. The van der Waals surface area contributed by atoms with E-state index in [4.69, 9.17) is 15.6 Å². The number of hydrogen-bond acceptors (Lipinski definition) is 4. The molecule has 0 aromatic carbocycles. The minimum Gasteiger partial charge on any atom is -0.477 e. The Bertz CT molecular complexity index is 308. The van der Waals surface area contributed by atoms with Crippen LogP contribution in [0.2, 0.25) is 0 Å². The summed E-state index contributed by atoms with van der Waals surface area (Å²) >= 11 is 0. The third kappa shape index (κ3) is 1.97. The van der Waals surface area contributed by atoms with E-state index in [1.165, 1.54) is 10.9 Å². The van der Waals surface area contributed by atoms with Gasteiger partial charge in [-0.05, 0) is 0 Å². The lowest BCUT2D eigenvalue weighted by Gasteiger charge is -2.02. The van der Waals surface area contributed by atoms with Crippen molar-refractivity contribution in [2.75, 3.05) is 19.5 Å². The minimum absolute atomic E-state index is 0.0242. The van der Waals surface area contributed by atoms with Crippen LogP contribution < -0.4 is 5.73 Å². The number of carbonyl (C=O) groups is 1. The van der Waals surface area contributed by atoms with Gasteiger partial charge in [-0.2, -0.15) is 5.10 Å². The summed E-state index contributed by atoms with van der Waals surface area (Å²) in [5.74, 6) is -0.911. The van der Waals surface area contributed by atoms with Gasteiger partial charge in [0.15, 0.2) is 0 Å². The molecule has 6 nitrogen and oxygen atoms in total. The highest BCUT2D eigenvalue weighted by molar-refractivity contribution is 5.92. The summed E-state index contributed by atoms with van der Waals surface area (Å²) in [4.78, 5) is 10.5. The molecule has 1 aromatic rings. The van der Waals surface area contributed by atoms with Crippen molar-refractivity contribution in [3.63, 3.8) is 0 Å². The van der Waals surface area contributed by atoms with Crippen LogP contribution >= 0.6 is 0 Å². The van der Waals surface area contributed by atoms with E-state index < -0.39 is 5.97 Å². The number of anilines is 1. The Kier molecular flexibility index (Phi) is 2.86. The van der Waals surface area contributed by atoms with Gasteiger partial charge in [-0.3, -0.25) is 0 Å². The first-order valence-corrected chi connectivity index (χ1v) is 3.70. The molecular formula is C7H11N3O3. The molecule has 0 spiro atoms. The first kappa shape index (κ1) is 9.53. The lowest BCUT2D eigenvalue weighted by molar-refractivity contribution is 0.0698. The van der Waals surface area contributed by atoms with Gasteiger partial charge in [-0.25, -0.2) is 9.48 Å². The molecular weight excluding hydrogens is 174 g/mol. The number of hydrogen-bond donors (Lipinski definition) is 2. The summed E-state index contributed by atoms with van der Waals surface area (Å²) in [6, 6.07) is 0. The third-order valence-corrected chi connectivity index (χ3v) is 1.62. The van der Waals surface area contributed by atoms with Crippen molar-refractivity contribution in [1.29, 1.82) is 0 Å². The maximum Gasteiger partial charge on any atom is 0.341 e. The van der Waals surface area contributed by atoms with Gasteiger partial charge in [0.2, 0.25) is 0 Å². The summed E-state index contributed by atoms with van der Waals surface area (Å²) in [7, 11) is 1.55. The molecule has 0 amide bonds. The van der Waals surface area contributed by atoms with Crippen LogP contribution in [0.3, 0.4) is 0 Å². The predicted molar refractivity (Wildman–Crippen MR) is 45.5 cm³/mol. The number of methoxy groups -OCH3 is 1. The Balaban J connectivity index is 2.80. The molecule has 0 aliphatic rings. The van der Waals surface area contributed by atoms with Crippen molar-refractivity contribution in [2.24, 2.45) is 0 Å². The maximum absolute atomic E-state index is 10.5. The van der Waals surface area contributed by atoms with Crippen LogP contribution in [0.4, 0.5) is 5.82 Å². The van der Waals surface area contributed by atoms with E-state index in [-0.39, 0.29) is 11.4 Å². The second kappa shape index (κ2) is 3.90. The molecule has 72 valence electrons. The number of nitrogens with two attached hydrogens (primary N) is 1. The molecule has 0 radical (unpaired) electrons. The van der Waals surface area contributed by atoms with Crippen molar-refractivity contribution in [2.45, 2.75) is 6.54 Å². The van der Waals surface area contributed by atoms with E-state index in [0.717, 1.165) is 0 Å². The predicted octanol–water partition coefficient (Wildman–Crippen LogP) is -0.190. The third-order valence-electron chi connectivity index (χ3n) is 1.62. The largest absolute Gasteiger partial charge is 0.477 e. The van der Waals surface area contributed by atoms with Crippen LogP contribution in [0, 0.1) is 0 Å². The molecule has 0 saturated heterocycles. The van der Waals surface area contributed by atoms with Crippen molar-refractivity contribution in [3.05, 3.63) is 11.8 Å². The number of nitrogens with zero attached hydrogens (tertiary/aromatic N) is 2. The summed E-state index contributed by atoms with van der Waals surface area (Å²) in [6.45, 7) is 0.903. The Hall–Kier alpha value is -1.56. The zero-order valence-electron chi connectivity index (χ0n) is 7.23. The highest BCUT2D eigenvalue weighted by Gasteiger charge is 2.12. The first-order chi connectivity index (χ1) is 6.16. The molecule has 1 aromatic heterocycles. The highest BCUT2D eigenvalue weighted by atomic mass is 16.5. The molecule has 3 N–H and O–H groups in total. The zero-order chi connectivity index (χ0) is 9.84. The molecule has 0 aliphatic heterocycles. The Morgan fingerprint density at radius 1 is 1.85 bits per heavy atom. The number of aromatic nitrogens is 2. The quantitative estimate of drug-likeness (QED) is 0.678.